The highest BCUT2D eigenvalue weighted by Gasteiger charge is 2.26. The first kappa shape index (κ1) is 18.5. The molecule has 3 rings (SSSR count). The zero-order chi connectivity index (χ0) is 19.7. The summed E-state index contributed by atoms with van der Waals surface area (Å²) in [6, 6.07) is 5.66. The van der Waals surface area contributed by atoms with Crippen molar-refractivity contribution in [1.82, 2.24) is 19.6 Å². The van der Waals surface area contributed by atoms with Gasteiger partial charge in [0.25, 0.3) is 5.91 Å². The molecule has 0 aliphatic carbocycles. The zero-order valence-corrected chi connectivity index (χ0v) is 15.1. The Bertz CT molecular complexity index is 1040. The molecule has 0 bridgehead atoms. The van der Waals surface area contributed by atoms with Crippen LogP contribution in [-0.2, 0) is 13.6 Å². The first-order valence-corrected chi connectivity index (χ1v) is 8.10. The van der Waals surface area contributed by atoms with E-state index in [9.17, 15) is 19.3 Å². The van der Waals surface area contributed by atoms with Crippen LogP contribution in [0.15, 0.2) is 30.5 Å². The lowest BCUT2D eigenvalue weighted by Gasteiger charge is -2.07. The number of halogens is 2. The highest BCUT2D eigenvalue weighted by Crippen LogP contribution is 2.21. The summed E-state index contributed by atoms with van der Waals surface area (Å²) in [4.78, 5) is 22.7. The smallest absolute Gasteiger partial charge is 0.303 e. The van der Waals surface area contributed by atoms with Crippen molar-refractivity contribution in [2.75, 3.05) is 5.32 Å². The average Bonchev–Trinajstić information content (AvgIpc) is 3.13. The Labute approximate surface area is 157 Å². The topological polar surface area (TPSA) is 108 Å². The second-order valence-electron chi connectivity index (χ2n) is 5.78. The second kappa shape index (κ2) is 7.16. The minimum absolute atomic E-state index is 0.186. The van der Waals surface area contributed by atoms with Crippen LogP contribution in [0, 0.1) is 22.9 Å². The SMILES string of the molecule is Cc1cc(NC(=O)c2c([N+](=O)[O-])cnn2C)nn1Cc1ccc(F)cc1Cl. The van der Waals surface area contributed by atoms with E-state index in [-0.39, 0.29) is 23.1 Å². The maximum atomic E-state index is 13.2. The summed E-state index contributed by atoms with van der Waals surface area (Å²) in [5.41, 5.74) is 0.785. The van der Waals surface area contributed by atoms with Gasteiger partial charge in [-0.05, 0) is 24.6 Å². The Balaban J connectivity index is 1.82. The maximum absolute atomic E-state index is 13.2. The molecule has 11 heteroatoms. The second-order valence-corrected chi connectivity index (χ2v) is 6.18. The van der Waals surface area contributed by atoms with Gasteiger partial charge >= 0.3 is 5.69 Å². The number of aryl methyl sites for hydroxylation is 2. The van der Waals surface area contributed by atoms with Gasteiger partial charge in [-0.2, -0.15) is 10.2 Å². The van der Waals surface area contributed by atoms with Crippen LogP contribution in [0.1, 0.15) is 21.7 Å². The molecule has 0 unspecified atom stereocenters. The normalized spacial score (nSPS) is 10.8. The largest absolute Gasteiger partial charge is 0.320 e. The van der Waals surface area contributed by atoms with E-state index in [1.807, 2.05) is 0 Å². The van der Waals surface area contributed by atoms with Crippen LogP contribution in [0.3, 0.4) is 0 Å². The minimum Gasteiger partial charge on any atom is -0.303 e. The van der Waals surface area contributed by atoms with E-state index in [4.69, 9.17) is 11.6 Å². The molecule has 2 heterocycles. The number of carbonyl (C=O) groups is 1. The molecule has 0 saturated carbocycles. The van der Waals surface area contributed by atoms with E-state index in [1.54, 1.807) is 23.7 Å². The molecule has 0 atom stereocenters. The number of rotatable bonds is 5. The summed E-state index contributed by atoms with van der Waals surface area (Å²) in [6.07, 6.45) is 1.01. The summed E-state index contributed by atoms with van der Waals surface area (Å²) >= 11 is 6.03. The standard InChI is InChI=1S/C16H14ClFN6O3/c1-9-5-14(20-16(25)15-13(24(26)27)7-19-22(15)2)21-23(9)8-10-3-4-11(18)6-12(10)17/h3-7H,8H2,1-2H3,(H,20,21,25). The number of nitrogens with one attached hydrogen (secondary N) is 1. The van der Waals surface area contributed by atoms with Gasteiger partial charge in [-0.25, -0.2) is 4.39 Å². The summed E-state index contributed by atoms with van der Waals surface area (Å²) in [6.45, 7) is 2.04. The molecule has 0 aliphatic heterocycles. The summed E-state index contributed by atoms with van der Waals surface area (Å²) in [5.74, 6) is -0.927. The minimum atomic E-state index is -0.703. The van der Waals surface area contributed by atoms with Gasteiger partial charge in [-0.3, -0.25) is 24.3 Å². The van der Waals surface area contributed by atoms with Crippen molar-refractivity contribution < 1.29 is 14.1 Å². The van der Waals surface area contributed by atoms with Gasteiger partial charge in [-0.15, -0.1) is 0 Å². The van der Waals surface area contributed by atoms with Crippen LogP contribution >= 0.6 is 11.6 Å². The zero-order valence-electron chi connectivity index (χ0n) is 14.3. The average molecular weight is 393 g/mol. The highest BCUT2D eigenvalue weighted by atomic mass is 35.5. The number of anilines is 1. The third kappa shape index (κ3) is 3.80. The quantitative estimate of drug-likeness (QED) is 0.530. The fourth-order valence-electron chi connectivity index (χ4n) is 2.54. The van der Waals surface area contributed by atoms with Crippen LogP contribution in [0.4, 0.5) is 15.9 Å². The Morgan fingerprint density at radius 3 is 2.81 bits per heavy atom. The molecule has 0 spiro atoms. The van der Waals surface area contributed by atoms with Gasteiger partial charge < -0.3 is 5.32 Å². The van der Waals surface area contributed by atoms with Gasteiger partial charge in [0, 0.05) is 23.8 Å². The fraction of sp³-hybridized carbons (Fsp3) is 0.188. The Morgan fingerprint density at radius 2 is 2.15 bits per heavy atom. The molecule has 140 valence electrons. The molecule has 27 heavy (non-hydrogen) atoms. The van der Waals surface area contributed by atoms with E-state index < -0.39 is 22.3 Å². The van der Waals surface area contributed by atoms with E-state index in [1.165, 1.54) is 19.2 Å². The van der Waals surface area contributed by atoms with Crippen molar-refractivity contribution in [1.29, 1.82) is 0 Å². The third-order valence-electron chi connectivity index (χ3n) is 3.89. The molecule has 1 amide bonds. The molecular formula is C16H14ClFN6O3. The van der Waals surface area contributed by atoms with Crippen molar-refractivity contribution in [2.45, 2.75) is 13.5 Å². The summed E-state index contributed by atoms with van der Waals surface area (Å²) in [5, 5.41) is 21.8. The van der Waals surface area contributed by atoms with E-state index in [2.05, 4.69) is 15.5 Å². The predicted molar refractivity (Wildman–Crippen MR) is 95.3 cm³/mol. The number of amides is 1. The number of nitrogens with zero attached hydrogens (tertiary/aromatic N) is 5. The predicted octanol–water partition coefficient (Wildman–Crippen LogP) is 2.93. The van der Waals surface area contributed by atoms with Crippen molar-refractivity contribution in [3.8, 4) is 0 Å². The maximum Gasteiger partial charge on any atom is 0.320 e. The lowest BCUT2D eigenvalue weighted by molar-refractivity contribution is -0.385. The van der Waals surface area contributed by atoms with Crippen LogP contribution < -0.4 is 5.32 Å². The molecule has 0 radical (unpaired) electrons. The molecule has 0 saturated heterocycles. The molecule has 1 aromatic carbocycles. The molecule has 3 aromatic rings. The lowest BCUT2D eigenvalue weighted by atomic mass is 10.2. The monoisotopic (exact) mass is 392 g/mol. The van der Waals surface area contributed by atoms with Crippen LogP contribution in [0.2, 0.25) is 5.02 Å². The number of nitro groups is 1. The number of aromatic nitrogens is 4. The van der Waals surface area contributed by atoms with Gasteiger partial charge in [0.1, 0.15) is 12.0 Å². The van der Waals surface area contributed by atoms with Crippen LogP contribution in [0.25, 0.3) is 0 Å². The van der Waals surface area contributed by atoms with Crippen molar-refractivity contribution in [3.63, 3.8) is 0 Å². The van der Waals surface area contributed by atoms with Crippen molar-refractivity contribution in [2.24, 2.45) is 7.05 Å². The molecule has 9 nitrogen and oxygen atoms in total. The van der Waals surface area contributed by atoms with E-state index in [0.717, 1.165) is 10.9 Å². The lowest BCUT2D eigenvalue weighted by Crippen LogP contribution is -2.18. The third-order valence-corrected chi connectivity index (χ3v) is 4.24. The number of benzene rings is 1. The number of hydrogen-bond donors (Lipinski definition) is 1. The van der Waals surface area contributed by atoms with Crippen molar-refractivity contribution in [3.05, 3.63) is 68.4 Å². The number of carbonyl (C=O) groups excluding carboxylic acids is 1. The fourth-order valence-corrected chi connectivity index (χ4v) is 2.77. The molecular weight excluding hydrogens is 379 g/mol. The van der Waals surface area contributed by atoms with E-state index in [0.29, 0.717) is 11.3 Å². The molecule has 2 aromatic heterocycles. The molecule has 1 N–H and O–H groups in total. The Hall–Kier alpha value is -3.27. The first-order chi connectivity index (χ1) is 12.8. The van der Waals surface area contributed by atoms with E-state index >= 15 is 0 Å². The number of hydrogen-bond acceptors (Lipinski definition) is 5. The molecule has 0 fully saturated rings. The van der Waals surface area contributed by atoms with Gasteiger partial charge in [-0.1, -0.05) is 17.7 Å². The molecule has 0 aliphatic rings. The summed E-state index contributed by atoms with van der Waals surface area (Å²) < 4.78 is 15.9. The van der Waals surface area contributed by atoms with Gasteiger partial charge in [0.05, 0.1) is 11.5 Å². The van der Waals surface area contributed by atoms with Gasteiger partial charge in [0.2, 0.25) is 5.69 Å². The summed E-state index contributed by atoms with van der Waals surface area (Å²) in [7, 11) is 1.43. The highest BCUT2D eigenvalue weighted by molar-refractivity contribution is 6.31. The first-order valence-electron chi connectivity index (χ1n) is 7.72. The van der Waals surface area contributed by atoms with Crippen molar-refractivity contribution >= 4 is 29.0 Å². The van der Waals surface area contributed by atoms with Crippen LogP contribution in [0.5, 0.6) is 0 Å². The van der Waals surface area contributed by atoms with Gasteiger partial charge in [0.15, 0.2) is 5.82 Å². The van der Waals surface area contributed by atoms with Crippen LogP contribution in [-0.4, -0.2) is 30.4 Å². The Kier molecular flexibility index (Phi) is 4.91. The Morgan fingerprint density at radius 1 is 1.41 bits per heavy atom.